The molecule has 1 aliphatic heterocycles. The molecule has 3 heterocycles. The quantitative estimate of drug-likeness (QED) is 0.722. The minimum atomic E-state index is 0.403. The highest BCUT2D eigenvalue weighted by Crippen LogP contribution is 2.36. The van der Waals surface area contributed by atoms with Crippen molar-refractivity contribution in [2.24, 2.45) is 7.05 Å². The second-order valence-corrected chi connectivity index (χ2v) is 6.82. The van der Waals surface area contributed by atoms with Crippen LogP contribution in [0.1, 0.15) is 41.7 Å². The number of hydrogen-bond acceptors (Lipinski definition) is 4. The number of aromatic nitrogens is 3. The van der Waals surface area contributed by atoms with E-state index in [9.17, 15) is 0 Å². The van der Waals surface area contributed by atoms with Crippen molar-refractivity contribution >= 4 is 0 Å². The van der Waals surface area contributed by atoms with Crippen LogP contribution in [0, 0.1) is 13.8 Å². The van der Waals surface area contributed by atoms with Gasteiger partial charge in [0.1, 0.15) is 0 Å². The van der Waals surface area contributed by atoms with Crippen LogP contribution in [0.5, 0.6) is 0 Å². The summed E-state index contributed by atoms with van der Waals surface area (Å²) in [6.07, 6.45) is 4.20. The van der Waals surface area contributed by atoms with Crippen LogP contribution in [-0.2, 0) is 13.6 Å². The molecule has 0 spiro atoms. The number of hydrogen-bond donors (Lipinski definition) is 0. The number of benzene rings is 1. The lowest BCUT2D eigenvalue weighted by Gasteiger charge is -2.23. The molecule has 4 rings (SSSR count). The maximum Gasteiger partial charge on any atom is 0.209 e. The third-order valence-corrected chi connectivity index (χ3v) is 5.21. The van der Waals surface area contributed by atoms with Gasteiger partial charge in [-0.05, 0) is 33.2 Å². The summed E-state index contributed by atoms with van der Waals surface area (Å²) in [5, 5.41) is 4.59. The molecule has 130 valence electrons. The topological polar surface area (TPSA) is 47.1 Å². The summed E-state index contributed by atoms with van der Waals surface area (Å²) >= 11 is 0. The van der Waals surface area contributed by atoms with Crippen molar-refractivity contribution in [3.63, 3.8) is 0 Å². The fourth-order valence-corrected chi connectivity index (χ4v) is 3.91. The van der Waals surface area contributed by atoms with Crippen LogP contribution in [0.25, 0.3) is 11.3 Å². The molecule has 0 amide bonds. The van der Waals surface area contributed by atoms with Crippen molar-refractivity contribution in [2.75, 3.05) is 6.54 Å². The molecular formula is C20H24N4O. The molecule has 0 N–H and O–H groups in total. The molecule has 1 aromatic carbocycles. The van der Waals surface area contributed by atoms with E-state index in [1.807, 2.05) is 48.3 Å². The van der Waals surface area contributed by atoms with Gasteiger partial charge in [-0.3, -0.25) is 9.58 Å². The summed E-state index contributed by atoms with van der Waals surface area (Å²) in [5.41, 5.74) is 4.83. The Morgan fingerprint density at radius 1 is 1.20 bits per heavy atom. The summed E-state index contributed by atoms with van der Waals surface area (Å²) in [6.45, 7) is 6.08. The van der Waals surface area contributed by atoms with Crippen LogP contribution in [0.4, 0.5) is 0 Å². The van der Waals surface area contributed by atoms with Crippen LogP contribution in [0.2, 0.25) is 0 Å². The van der Waals surface area contributed by atoms with Gasteiger partial charge < -0.3 is 4.42 Å². The van der Waals surface area contributed by atoms with Crippen molar-refractivity contribution in [2.45, 2.75) is 39.3 Å². The lowest BCUT2D eigenvalue weighted by Crippen LogP contribution is -2.23. The van der Waals surface area contributed by atoms with Crippen molar-refractivity contribution in [1.82, 2.24) is 19.7 Å². The first-order valence-electron chi connectivity index (χ1n) is 8.87. The van der Waals surface area contributed by atoms with Crippen molar-refractivity contribution in [3.8, 4) is 11.3 Å². The molecule has 2 aromatic heterocycles. The number of nitrogens with zero attached hydrogens (tertiary/aromatic N) is 4. The van der Waals surface area contributed by atoms with Gasteiger partial charge in [-0.15, -0.1) is 0 Å². The molecule has 0 radical (unpaired) electrons. The molecule has 1 atom stereocenters. The van der Waals surface area contributed by atoms with E-state index in [2.05, 4.69) is 28.8 Å². The number of aryl methyl sites for hydroxylation is 2. The van der Waals surface area contributed by atoms with Gasteiger partial charge in [0.05, 0.1) is 18.4 Å². The zero-order chi connectivity index (χ0) is 17.4. The van der Waals surface area contributed by atoms with Crippen molar-refractivity contribution < 1.29 is 4.42 Å². The third-order valence-electron chi connectivity index (χ3n) is 5.21. The summed E-state index contributed by atoms with van der Waals surface area (Å²) in [7, 11) is 2.02. The molecule has 0 unspecified atom stereocenters. The fraction of sp³-hybridized carbons (Fsp3) is 0.400. The van der Waals surface area contributed by atoms with Gasteiger partial charge in [0.15, 0.2) is 5.76 Å². The average molecular weight is 336 g/mol. The van der Waals surface area contributed by atoms with E-state index in [0.29, 0.717) is 6.04 Å². The molecule has 25 heavy (non-hydrogen) atoms. The Bertz CT molecular complexity index is 865. The van der Waals surface area contributed by atoms with Crippen molar-refractivity contribution in [1.29, 1.82) is 0 Å². The van der Waals surface area contributed by atoms with Crippen LogP contribution < -0.4 is 0 Å². The standard InChI is InChI=1S/C20H24N4O/c1-14-20(15(2)23(3)22-14)17-10-7-11-24(17)13-19-21-12-18(25-19)16-8-5-4-6-9-16/h4-6,8-9,12,17H,7,10-11,13H2,1-3H3/t17-/m0/s1. The highest BCUT2D eigenvalue weighted by molar-refractivity contribution is 5.55. The molecular weight excluding hydrogens is 312 g/mol. The zero-order valence-corrected chi connectivity index (χ0v) is 15.1. The Morgan fingerprint density at radius 2 is 2.00 bits per heavy atom. The van der Waals surface area contributed by atoms with E-state index in [4.69, 9.17) is 4.42 Å². The van der Waals surface area contributed by atoms with E-state index >= 15 is 0 Å². The van der Waals surface area contributed by atoms with Gasteiger partial charge in [0.2, 0.25) is 5.89 Å². The van der Waals surface area contributed by atoms with E-state index in [0.717, 1.165) is 36.0 Å². The minimum absolute atomic E-state index is 0.403. The number of rotatable bonds is 4. The Hall–Kier alpha value is -2.40. The van der Waals surface area contributed by atoms with E-state index in [-0.39, 0.29) is 0 Å². The van der Waals surface area contributed by atoms with E-state index in [1.54, 1.807) is 0 Å². The Balaban J connectivity index is 1.55. The first-order chi connectivity index (χ1) is 12.1. The molecule has 1 aliphatic rings. The average Bonchev–Trinajstić information content (AvgIpc) is 3.31. The maximum atomic E-state index is 6.01. The second kappa shape index (κ2) is 6.48. The summed E-state index contributed by atoms with van der Waals surface area (Å²) in [4.78, 5) is 6.97. The van der Waals surface area contributed by atoms with Gasteiger partial charge in [-0.2, -0.15) is 5.10 Å². The largest absolute Gasteiger partial charge is 0.439 e. The first kappa shape index (κ1) is 16.1. The van der Waals surface area contributed by atoms with Gasteiger partial charge in [-0.25, -0.2) is 4.98 Å². The molecule has 0 aliphatic carbocycles. The smallest absolute Gasteiger partial charge is 0.209 e. The third kappa shape index (κ3) is 3.00. The second-order valence-electron chi connectivity index (χ2n) is 6.82. The fourth-order valence-electron chi connectivity index (χ4n) is 3.91. The molecule has 0 bridgehead atoms. The monoisotopic (exact) mass is 336 g/mol. The Morgan fingerprint density at radius 3 is 2.72 bits per heavy atom. The molecule has 3 aromatic rings. The zero-order valence-electron chi connectivity index (χ0n) is 15.1. The maximum absolute atomic E-state index is 6.01. The Kier molecular flexibility index (Phi) is 4.17. The molecule has 5 heteroatoms. The molecule has 1 fully saturated rings. The van der Waals surface area contributed by atoms with E-state index < -0.39 is 0 Å². The summed E-state index contributed by atoms with van der Waals surface area (Å²) in [5.74, 6) is 1.62. The predicted molar refractivity (Wildman–Crippen MR) is 97.0 cm³/mol. The Labute approximate surface area is 148 Å². The number of likely N-dealkylation sites (tertiary alicyclic amines) is 1. The van der Waals surface area contributed by atoms with E-state index in [1.165, 1.54) is 24.1 Å². The molecule has 1 saturated heterocycles. The van der Waals surface area contributed by atoms with Crippen molar-refractivity contribution in [3.05, 3.63) is 59.4 Å². The van der Waals surface area contributed by atoms with Crippen LogP contribution in [0.15, 0.2) is 40.9 Å². The van der Waals surface area contributed by atoms with Gasteiger partial charge in [0.25, 0.3) is 0 Å². The van der Waals surface area contributed by atoms with Crippen LogP contribution in [-0.4, -0.2) is 26.2 Å². The lowest BCUT2D eigenvalue weighted by molar-refractivity contribution is 0.223. The SMILES string of the molecule is Cc1nn(C)c(C)c1[C@@H]1CCCN1Cc1ncc(-c2ccccc2)o1. The van der Waals surface area contributed by atoms with Gasteiger partial charge >= 0.3 is 0 Å². The first-order valence-corrected chi connectivity index (χ1v) is 8.87. The number of oxazole rings is 1. The lowest BCUT2D eigenvalue weighted by atomic mass is 10.0. The van der Waals surface area contributed by atoms with Gasteiger partial charge in [-0.1, -0.05) is 30.3 Å². The van der Waals surface area contributed by atoms with Crippen LogP contribution >= 0.6 is 0 Å². The highest BCUT2D eigenvalue weighted by Gasteiger charge is 2.31. The van der Waals surface area contributed by atoms with Gasteiger partial charge in [0, 0.05) is 29.9 Å². The predicted octanol–water partition coefficient (Wildman–Crippen LogP) is 4.03. The summed E-state index contributed by atoms with van der Waals surface area (Å²) < 4.78 is 7.99. The normalized spacial score (nSPS) is 18.1. The van der Waals surface area contributed by atoms with Crippen LogP contribution in [0.3, 0.4) is 0 Å². The molecule has 0 saturated carbocycles. The molecule has 5 nitrogen and oxygen atoms in total. The minimum Gasteiger partial charge on any atom is -0.439 e. The summed E-state index contributed by atoms with van der Waals surface area (Å²) in [6, 6.07) is 10.5. The highest BCUT2D eigenvalue weighted by atomic mass is 16.4.